The molecule has 0 aliphatic rings. The van der Waals surface area contributed by atoms with Gasteiger partial charge in [-0.15, -0.1) is 0 Å². The van der Waals surface area contributed by atoms with Crippen molar-refractivity contribution in [2.24, 2.45) is 5.73 Å². The fourth-order valence-electron chi connectivity index (χ4n) is 0.353. The third kappa shape index (κ3) is 4.15. The molecule has 0 aliphatic carbocycles. The molecule has 0 aromatic heterocycles. The van der Waals surface area contributed by atoms with Crippen LogP contribution in [0.25, 0.3) is 0 Å². The molecule has 0 aromatic carbocycles. The summed E-state index contributed by atoms with van der Waals surface area (Å²) in [5, 5.41) is 10.8. The lowest BCUT2D eigenvalue weighted by atomic mass is 10.3. The Kier molecular flexibility index (Phi) is 3.97. The minimum absolute atomic E-state index is 0.234. The molecule has 0 spiro atoms. The zero-order valence-corrected chi connectivity index (χ0v) is 6.03. The molecule has 1 atom stereocenters. The lowest BCUT2D eigenvalue weighted by Crippen LogP contribution is -2.39. The normalized spacial score (nSPS) is 11.8. The molecule has 0 saturated heterocycles. The molecule has 6 nitrogen and oxygen atoms in total. The van der Waals surface area contributed by atoms with Crippen LogP contribution in [0, 0.1) is 0 Å². The number of carbonyl (C=O) groups is 2. The van der Waals surface area contributed by atoms with Crippen molar-refractivity contribution in [3.05, 3.63) is 0 Å². The van der Waals surface area contributed by atoms with Crippen LogP contribution < -0.4 is 11.1 Å². The first-order valence-electron chi connectivity index (χ1n) is 2.87. The van der Waals surface area contributed by atoms with Gasteiger partial charge in [-0.3, -0.25) is 4.79 Å². The minimum Gasteiger partial charge on any atom is -0.453 e. The van der Waals surface area contributed by atoms with Crippen molar-refractivity contribution >= 4 is 12.0 Å². The van der Waals surface area contributed by atoms with Crippen molar-refractivity contribution in [2.75, 3.05) is 13.7 Å². The van der Waals surface area contributed by atoms with Crippen molar-refractivity contribution in [2.45, 2.75) is 6.10 Å². The maximum atomic E-state index is 10.3. The Balaban J connectivity index is 3.54. The Labute approximate surface area is 63.3 Å². The van der Waals surface area contributed by atoms with E-state index in [2.05, 4.69) is 15.8 Å². The van der Waals surface area contributed by atoms with Crippen LogP contribution in [-0.4, -0.2) is 36.9 Å². The molecule has 1 unspecified atom stereocenters. The molecular formula is C5H10N2O4. The summed E-state index contributed by atoms with van der Waals surface area (Å²) in [6.45, 7) is -0.234. The number of primary amides is 1. The fraction of sp³-hybridized carbons (Fsp3) is 0.600. The highest BCUT2D eigenvalue weighted by Crippen LogP contribution is 1.78. The highest BCUT2D eigenvalue weighted by Gasteiger charge is 2.11. The summed E-state index contributed by atoms with van der Waals surface area (Å²) in [5.41, 5.74) is 4.68. The first-order valence-corrected chi connectivity index (χ1v) is 2.87. The fourth-order valence-corrected chi connectivity index (χ4v) is 0.353. The number of nitrogens with one attached hydrogen (secondary N) is 1. The topological polar surface area (TPSA) is 102 Å². The average Bonchev–Trinajstić information content (AvgIpc) is 1.99. The van der Waals surface area contributed by atoms with Gasteiger partial charge >= 0.3 is 6.09 Å². The van der Waals surface area contributed by atoms with Crippen LogP contribution in [0.5, 0.6) is 0 Å². The molecule has 0 aromatic rings. The largest absolute Gasteiger partial charge is 0.453 e. The minimum atomic E-state index is -1.37. The smallest absolute Gasteiger partial charge is 0.406 e. The molecule has 0 bridgehead atoms. The van der Waals surface area contributed by atoms with Crippen molar-refractivity contribution in [1.82, 2.24) is 5.32 Å². The van der Waals surface area contributed by atoms with Crippen LogP contribution in [0.1, 0.15) is 0 Å². The zero-order valence-electron chi connectivity index (χ0n) is 6.03. The van der Waals surface area contributed by atoms with Gasteiger partial charge in [-0.05, 0) is 0 Å². The SMILES string of the molecule is COC(=O)NCC(O)C(N)=O. The van der Waals surface area contributed by atoms with Crippen LogP contribution in [0.15, 0.2) is 0 Å². The maximum absolute atomic E-state index is 10.3. The van der Waals surface area contributed by atoms with Crippen molar-refractivity contribution < 1.29 is 19.4 Å². The summed E-state index contributed by atoms with van der Waals surface area (Å²) >= 11 is 0. The standard InChI is InChI=1S/C5H10N2O4/c1-11-5(10)7-2-3(8)4(6)9/h3,8H,2H2,1H3,(H2,6,9)(H,7,10). The molecular weight excluding hydrogens is 152 g/mol. The van der Waals surface area contributed by atoms with E-state index in [0.717, 1.165) is 0 Å². The van der Waals surface area contributed by atoms with Crippen molar-refractivity contribution in [3.63, 3.8) is 0 Å². The molecule has 0 rings (SSSR count). The van der Waals surface area contributed by atoms with E-state index in [1.54, 1.807) is 0 Å². The number of aliphatic hydroxyl groups is 1. The average molecular weight is 162 g/mol. The van der Waals surface area contributed by atoms with E-state index in [-0.39, 0.29) is 6.54 Å². The second-order valence-corrected chi connectivity index (χ2v) is 1.79. The van der Waals surface area contributed by atoms with E-state index in [0.29, 0.717) is 0 Å². The molecule has 6 heteroatoms. The lowest BCUT2D eigenvalue weighted by molar-refractivity contribution is -0.125. The van der Waals surface area contributed by atoms with Gasteiger partial charge in [-0.1, -0.05) is 0 Å². The number of ether oxygens (including phenoxy) is 1. The van der Waals surface area contributed by atoms with Crippen LogP contribution in [-0.2, 0) is 9.53 Å². The molecule has 2 amide bonds. The number of methoxy groups -OCH3 is 1. The van der Waals surface area contributed by atoms with Crippen molar-refractivity contribution in [1.29, 1.82) is 0 Å². The van der Waals surface area contributed by atoms with Crippen LogP contribution in [0.2, 0.25) is 0 Å². The molecule has 0 radical (unpaired) electrons. The van der Waals surface area contributed by atoms with Gasteiger partial charge in [0, 0.05) is 0 Å². The van der Waals surface area contributed by atoms with E-state index in [4.69, 9.17) is 5.11 Å². The van der Waals surface area contributed by atoms with E-state index >= 15 is 0 Å². The van der Waals surface area contributed by atoms with Gasteiger partial charge in [-0.25, -0.2) is 4.79 Å². The molecule has 11 heavy (non-hydrogen) atoms. The first kappa shape index (κ1) is 9.70. The summed E-state index contributed by atoms with van der Waals surface area (Å²) in [6.07, 6.45) is -2.08. The van der Waals surface area contributed by atoms with Gasteiger partial charge in [0.05, 0.1) is 13.7 Å². The highest BCUT2D eigenvalue weighted by atomic mass is 16.5. The number of hydrogen-bond donors (Lipinski definition) is 3. The zero-order chi connectivity index (χ0) is 8.85. The van der Waals surface area contributed by atoms with Crippen LogP contribution >= 0.6 is 0 Å². The number of amides is 2. The van der Waals surface area contributed by atoms with E-state index in [1.165, 1.54) is 7.11 Å². The van der Waals surface area contributed by atoms with Gasteiger partial charge in [-0.2, -0.15) is 0 Å². The Morgan fingerprint density at radius 1 is 1.73 bits per heavy atom. The number of carbonyl (C=O) groups excluding carboxylic acids is 2. The Bertz CT molecular complexity index is 159. The van der Waals surface area contributed by atoms with Gasteiger partial charge in [0.25, 0.3) is 0 Å². The molecule has 0 aliphatic heterocycles. The lowest BCUT2D eigenvalue weighted by Gasteiger charge is -2.06. The van der Waals surface area contributed by atoms with Crippen LogP contribution in [0.4, 0.5) is 4.79 Å². The first-order chi connectivity index (χ1) is 5.07. The third-order valence-electron chi connectivity index (χ3n) is 0.954. The van der Waals surface area contributed by atoms with E-state index in [1.807, 2.05) is 0 Å². The number of nitrogens with two attached hydrogens (primary N) is 1. The molecule has 64 valence electrons. The van der Waals surface area contributed by atoms with E-state index < -0.39 is 18.1 Å². The molecule has 0 heterocycles. The molecule has 4 N–H and O–H groups in total. The number of aliphatic hydroxyl groups excluding tert-OH is 1. The second-order valence-electron chi connectivity index (χ2n) is 1.79. The predicted octanol–water partition coefficient (Wildman–Crippen LogP) is -1.81. The maximum Gasteiger partial charge on any atom is 0.406 e. The predicted molar refractivity (Wildman–Crippen MR) is 35.6 cm³/mol. The quantitative estimate of drug-likeness (QED) is 0.455. The Hall–Kier alpha value is -1.30. The van der Waals surface area contributed by atoms with Gasteiger partial charge in [0.2, 0.25) is 5.91 Å². The highest BCUT2D eigenvalue weighted by molar-refractivity contribution is 5.79. The summed E-state index contributed by atoms with van der Waals surface area (Å²) < 4.78 is 4.17. The van der Waals surface area contributed by atoms with Gasteiger partial charge in [0.1, 0.15) is 6.10 Å². The number of hydrogen-bond acceptors (Lipinski definition) is 4. The summed E-state index contributed by atoms with van der Waals surface area (Å²) in [5.74, 6) is -0.888. The Morgan fingerprint density at radius 3 is 2.64 bits per heavy atom. The summed E-state index contributed by atoms with van der Waals surface area (Å²) in [4.78, 5) is 20.5. The number of alkyl carbamates (subject to hydrolysis) is 1. The van der Waals surface area contributed by atoms with Crippen LogP contribution in [0.3, 0.4) is 0 Å². The molecule has 0 saturated carbocycles. The molecule has 0 fully saturated rings. The number of rotatable bonds is 3. The van der Waals surface area contributed by atoms with E-state index in [9.17, 15) is 9.59 Å². The summed E-state index contributed by atoms with van der Waals surface area (Å²) in [6, 6.07) is 0. The third-order valence-corrected chi connectivity index (χ3v) is 0.954. The second kappa shape index (κ2) is 4.51. The van der Waals surface area contributed by atoms with Crippen molar-refractivity contribution in [3.8, 4) is 0 Å². The van der Waals surface area contributed by atoms with Gasteiger partial charge in [0.15, 0.2) is 0 Å². The Morgan fingerprint density at radius 2 is 2.27 bits per heavy atom. The summed E-state index contributed by atoms with van der Waals surface area (Å²) in [7, 11) is 1.17. The van der Waals surface area contributed by atoms with Gasteiger partial charge < -0.3 is 20.9 Å². The monoisotopic (exact) mass is 162 g/mol.